The van der Waals surface area contributed by atoms with Crippen molar-refractivity contribution in [3.63, 3.8) is 0 Å². The van der Waals surface area contributed by atoms with Crippen molar-refractivity contribution in [3.8, 4) is 5.75 Å². The van der Waals surface area contributed by atoms with Crippen LogP contribution in [0.1, 0.15) is 24.7 Å². The van der Waals surface area contributed by atoms with Crippen LogP contribution in [-0.4, -0.2) is 15.7 Å². The molecule has 3 rings (SSSR count). The minimum atomic E-state index is 0.430. The van der Waals surface area contributed by atoms with Crippen molar-refractivity contribution in [2.24, 2.45) is 0 Å². The summed E-state index contributed by atoms with van der Waals surface area (Å²) < 4.78 is 5.81. The maximum absolute atomic E-state index is 5.81. The Morgan fingerprint density at radius 1 is 1.17 bits per heavy atom. The lowest BCUT2D eigenvalue weighted by Gasteiger charge is -2.07. The number of benzene rings is 2. The molecular weight excluding hydrogens is 304 g/mol. The summed E-state index contributed by atoms with van der Waals surface area (Å²) >= 11 is 1.80. The van der Waals surface area contributed by atoms with E-state index in [1.54, 1.807) is 11.8 Å². The van der Waals surface area contributed by atoms with Crippen LogP contribution in [0.2, 0.25) is 0 Å². The Labute approximate surface area is 140 Å². The number of ether oxygens (including phenoxy) is 1. The number of para-hydroxylation sites is 2. The first-order chi connectivity index (χ1) is 11.3. The van der Waals surface area contributed by atoms with E-state index in [0.717, 1.165) is 45.2 Å². The summed E-state index contributed by atoms with van der Waals surface area (Å²) in [7, 11) is 0. The van der Waals surface area contributed by atoms with E-state index in [1.165, 1.54) is 0 Å². The smallest absolute Gasteiger partial charge is 0.146 e. The third kappa shape index (κ3) is 3.96. The minimum absolute atomic E-state index is 0.430. The SMILES string of the molecule is C=C(SCCC)c1ccc(OCc2nc3ccccc3[nH]2)cc1. The molecule has 0 amide bonds. The summed E-state index contributed by atoms with van der Waals surface area (Å²) in [5.74, 6) is 2.77. The van der Waals surface area contributed by atoms with Gasteiger partial charge in [-0.25, -0.2) is 4.98 Å². The van der Waals surface area contributed by atoms with Crippen molar-refractivity contribution in [3.05, 3.63) is 66.5 Å². The van der Waals surface area contributed by atoms with E-state index in [-0.39, 0.29) is 0 Å². The number of hydrogen-bond donors (Lipinski definition) is 1. The predicted octanol–water partition coefficient (Wildman–Crippen LogP) is 5.26. The number of hydrogen-bond acceptors (Lipinski definition) is 3. The number of fused-ring (bicyclic) bond motifs is 1. The van der Waals surface area contributed by atoms with Gasteiger partial charge in [0.15, 0.2) is 0 Å². The van der Waals surface area contributed by atoms with E-state index in [1.807, 2.05) is 36.4 Å². The van der Waals surface area contributed by atoms with Crippen LogP contribution in [0.5, 0.6) is 5.75 Å². The monoisotopic (exact) mass is 324 g/mol. The Hall–Kier alpha value is -2.20. The van der Waals surface area contributed by atoms with Crippen LogP contribution in [0.15, 0.2) is 55.1 Å². The second-order valence-electron chi connectivity index (χ2n) is 5.29. The normalized spacial score (nSPS) is 10.8. The van der Waals surface area contributed by atoms with E-state index in [4.69, 9.17) is 4.74 Å². The molecule has 0 radical (unpaired) electrons. The third-order valence-corrected chi connectivity index (χ3v) is 4.67. The predicted molar refractivity (Wildman–Crippen MR) is 98.7 cm³/mol. The van der Waals surface area contributed by atoms with E-state index in [0.29, 0.717) is 6.61 Å². The quantitative estimate of drug-likeness (QED) is 0.644. The Kier molecular flexibility index (Phi) is 5.03. The molecule has 0 spiro atoms. The van der Waals surface area contributed by atoms with Gasteiger partial charge in [-0.2, -0.15) is 0 Å². The standard InChI is InChI=1S/C19H20N2OS/c1-3-12-23-14(2)15-8-10-16(11-9-15)22-13-19-20-17-6-4-5-7-18(17)21-19/h4-11H,2-3,12-13H2,1H3,(H,20,21). The van der Waals surface area contributed by atoms with E-state index < -0.39 is 0 Å². The second kappa shape index (κ2) is 7.38. The van der Waals surface area contributed by atoms with Crippen molar-refractivity contribution < 1.29 is 4.74 Å². The topological polar surface area (TPSA) is 37.9 Å². The largest absolute Gasteiger partial charge is 0.486 e. The fourth-order valence-electron chi connectivity index (χ4n) is 2.27. The van der Waals surface area contributed by atoms with Crippen LogP contribution in [0, 0.1) is 0 Å². The molecule has 1 aromatic heterocycles. The van der Waals surface area contributed by atoms with Crippen molar-refractivity contribution >= 4 is 27.7 Å². The highest BCUT2D eigenvalue weighted by Gasteiger charge is 2.04. The molecule has 23 heavy (non-hydrogen) atoms. The summed E-state index contributed by atoms with van der Waals surface area (Å²) in [4.78, 5) is 8.88. The maximum atomic E-state index is 5.81. The highest BCUT2D eigenvalue weighted by Crippen LogP contribution is 2.27. The lowest BCUT2D eigenvalue weighted by molar-refractivity contribution is 0.297. The van der Waals surface area contributed by atoms with E-state index in [2.05, 4.69) is 35.6 Å². The van der Waals surface area contributed by atoms with Gasteiger partial charge in [0.2, 0.25) is 0 Å². The van der Waals surface area contributed by atoms with Crippen LogP contribution in [0.25, 0.3) is 15.9 Å². The molecule has 0 atom stereocenters. The molecule has 1 N–H and O–H groups in total. The third-order valence-electron chi connectivity index (χ3n) is 3.47. The van der Waals surface area contributed by atoms with Gasteiger partial charge >= 0.3 is 0 Å². The first-order valence-corrected chi connectivity index (χ1v) is 8.73. The van der Waals surface area contributed by atoms with Gasteiger partial charge < -0.3 is 9.72 Å². The highest BCUT2D eigenvalue weighted by molar-refractivity contribution is 8.08. The van der Waals surface area contributed by atoms with Gasteiger partial charge in [-0.15, -0.1) is 11.8 Å². The van der Waals surface area contributed by atoms with Crippen LogP contribution in [0.3, 0.4) is 0 Å². The van der Waals surface area contributed by atoms with Crippen molar-refractivity contribution in [1.82, 2.24) is 9.97 Å². The molecule has 2 aromatic carbocycles. The van der Waals surface area contributed by atoms with Gasteiger partial charge in [0.05, 0.1) is 11.0 Å². The molecule has 0 bridgehead atoms. The fourth-order valence-corrected chi connectivity index (χ4v) is 3.02. The molecule has 3 nitrogen and oxygen atoms in total. The molecule has 0 fully saturated rings. The van der Waals surface area contributed by atoms with Gasteiger partial charge in [0.25, 0.3) is 0 Å². The Bertz CT molecular complexity index is 759. The van der Waals surface area contributed by atoms with Gasteiger partial charge in [0, 0.05) is 4.91 Å². The van der Waals surface area contributed by atoms with Crippen molar-refractivity contribution in [1.29, 1.82) is 0 Å². The zero-order valence-electron chi connectivity index (χ0n) is 13.2. The number of aromatic nitrogens is 2. The summed E-state index contributed by atoms with van der Waals surface area (Å²) in [6.07, 6.45) is 1.16. The molecule has 118 valence electrons. The van der Waals surface area contributed by atoms with E-state index in [9.17, 15) is 0 Å². The number of nitrogens with one attached hydrogen (secondary N) is 1. The lowest BCUT2D eigenvalue weighted by Crippen LogP contribution is -1.97. The molecule has 1 heterocycles. The van der Waals surface area contributed by atoms with Crippen molar-refractivity contribution in [2.75, 3.05) is 5.75 Å². The average molecular weight is 324 g/mol. The number of nitrogens with zero attached hydrogens (tertiary/aromatic N) is 1. The second-order valence-corrected chi connectivity index (χ2v) is 6.48. The molecule has 3 aromatic rings. The van der Waals surface area contributed by atoms with Gasteiger partial charge in [-0.05, 0) is 42.0 Å². The molecule has 0 aliphatic carbocycles. The summed E-state index contributed by atoms with van der Waals surface area (Å²) in [5, 5.41) is 0. The molecule has 4 heteroatoms. The Morgan fingerprint density at radius 3 is 2.70 bits per heavy atom. The first-order valence-electron chi connectivity index (χ1n) is 7.75. The van der Waals surface area contributed by atoms with Gasteiger partial charge in [-0.1, -0.05) is 37.8 Å². The van der Waals surface area contributed by atoms with Crippen molar-refractivity contribution in [2.45, 2.75) is 20.0 Å². The first kappa shape index (κ1) is 15.7. The number of thioether (sulfide) groups is 1. The molecule has 0 aliphatic heterocycles. The molecular formula is C19H20N2OS. The Morgan fingerprint density at radius 2 is 1.96 bits per heavy atom. The van der Waals surface area contributed by atoms with E-state index >= 15 is 0 Å². The van der Waals surface area contributed by atoms with Gasteiger partial charge in [-0.3, -0.25) is 0 Å². The fraction of sp³-hybridized carbons (Fsp3) is 0.211. The molecule has 0 aliphatic rings. The molecule has 0 unspecified atom stereocenters. The van der Waals surface area contributed by atoms with Gasteiger partial charge in [0.1, 0.15) is 18.2 Å². The summed E-state index contributed by atoms with van der Waals surface area (Å²) in [6, 6.07) is 16.1. The lowest BCUT2D eigenvalue weighted by atomic mass is 10.2. The summed E-state index contributed by atoms with van der Waals surface area (Å²) in [6.45, 7) is 6.72. The van der Waals surface area contributed by atoms with Crippen LogP contribution in [0.4, 0.5) is 0 Å². The number of imidazole rings is 1. The molecule has 0 saturated heterocycles. The number of H-pyrrole nitrogens is 1. The number of aromatic amines is 1. The molecule has 0 saturated carbocycles. The zero-order valence-corrected chi connectivity index (χ0v) is 14.0. The van der Waals surface area contributed by atoms with Crippen LogP contribution in [-0.2, 0) is 6.61 Å². The summed E-state index contributed by atoms with van der Waals surface area (Å²) in [5.41, 5.74) is 3.15. The number of rotatable bonds is 7. The van der Waals surface area contributed by atoms with Crippen LogP contribution < -0.4 is 4.74 Å². The van der Waals surface area contributed by atoms with Crippen LogP contribution >= 0.6 is 11.8 Å². The maximum Gasteiger partial charge on any atom is 0.146 e. The Balaban J connectivity index is 1.61. The highest BCUT2D eigenvalue weighted by atomic mass is 32.2. The average Bonchev–Trinajstić information content (AvgIpc) is 3.01. The minimum Gasteiger partial charge on any atom is -0.486 e. The zero-order chi connectivity index (χ0) is 16.1.